The number of halogens is 2. The van der Waals surface area contributed by atoms with E-state index in [0.29, 0.717) is 10.7 Å². The molecule has 1 heterocycles. The van der Waals surface area contributed by atoms with Crippen molar-refractivity contribution in [3.8, 4) is 0 Å². The molecule has 164 valence electrons. The highest BCUT2D eigenvalue weighted by Gasteiger charge is 2.67. The van der Waals surface area contributed by atoms with Crippen molar-refractivity contribution in [1.29, 1.82) is 0 Å². The van der Waals surface area contributed by atoms with Crippen LogP contribution in [0.3, 0.4) is 0 Å². The van der Waals surface area contributed by atoms with Crippen LogP contribution in [-0.2, 0) is 18.7 Å². The van der Waals surface area contributed by atoms with Gasteiger partial charge in [-0.2, -0.15) is 0 Å². The van der Waals surface area contributed by atoms with Gasteiger partial charge in [-0.3, -0.25) is 19.3 Å². The van der Waals surface area contributed by atoms with Gasteiger partial charge >= 0.3 is 0 Å². The van der Waals surface area contributed by atoms with Gasteiger partial charge in [0.2, 0.25) is 17.7 Å². The van der Waals surface area contributed by atoms with E-state index >= 15 is 0 Å². The molecule has 1 saturated heterocycles. The number of nitrogens with one attached hydrogen (secondary N) is 1. The van der Waals surface area contributed by atoms with Crippen molar-refractivity contribution in [3.05, 3.63) is 100 Å². The Morgan fingerprint density at radius 3 is 2.21 bits per heavy atom. The lowest BCUT2D eigenvalue weighted by atomic mass is 9.55. The zero-order chi connectivity index (χ0) is 22.9. The Kier molecular flexibility index (Phi) is 4.55. The van der Waals surface area contributed by atoms with Gasteiger partial charge in [0.25, 0.3) is 0 Å². The zero-order valence-electron chi connectivity index (χ0n) is 17.3. The summed E-state index contributed by atoms with van der Waals surface area (Å²) in [5, 5.41) is 3.22. The molecule has 1 aliphatic heterocycles. The topological polar surface area (TPSA) is 66.5 Å². The molecule has 0 saturated carbocycles. The van der Waals surface area contributed by atoms with Gasteiger partial charge in [-0.1, -0.05) is 82.1 Å². The number of imide groups is 1. The van der Waals surface area contributed by atoms with E-state index in [0.717, 1.165) is 27.2 Å². The van der Waals surface area contributed by atoms with E-state index in [-0.39, 0.29) is 24.3 Å². The predicted octanol–water partition coefficient (Wildman–Crippen LogP) is 4.68. The zero-order valence-corrected chi connectivity index (χ0v) is 19.6. The van der Waals surface area contributed by atoms with Crippen LogP contribution in [0.15, 0.2) is 72.8 Å². The number of likely N-dealkylation sites (tertiary alicyclic amines) is 1. The van der Waals surface area contributed by atoms with Crippen LogP contribution in [0.2, 0.25) is 5.02 Å². The smallest absolute Gasteiger partial charge is 0.244 e. The fourth-order valence-electron chi connectivity index (χ4n) is 5.81. The van der Waals surface area contributed by atoms with Crippen LogP contribution in [0.5, 0.6) is 0 Å². The van der Waals surface area contributed by atoms with Gasteiger partial charge in [0.15, 0.2) is 0 Å². The molecule has 0 spiro atoms. The number of carbonyl (C=O) groups excluding carboxylic acids is 3. The summed E-state index contributed by atoms with van der Waals surface area (Å²) in [7, 11) is 0. The number of amides is 3. The normalized spacial score (nSPS) is 26.6. The van der Waals surface area contributed by atoms with Gasteiger partial charge in [-0.15, -0.1) is 0 Å². The van der Waals surface area contributed by atoms with Gasteiger partial charge in [0.1, 0.15) is 6.54 Å². The number of carbonyl (C=O) groups is 3. The second-order valence-electron chi connectivity index (χ2n) is 8.69. The van der Waals surface area contributed by atoms with Gasteiger partial charge in [-0.05, 0) is 40.5 Å². The van der Waals surface area contributed by atoms with Crippen molar-refractivity contribution in [2.24, 2.45) is 11.8 Å². The minimum absolute atomic E-state index is 0.223. The summed E-state index contributed by atoms with van der Waals surface area (Å²) in [5.41, 5.74) is 4.66. The Morgan fingerprint density at radius 2 is 1.58 bits per heavy atom. The van der Waals surface area contributed by atoms with E-state index in [2.05, 4.69) is 21.2 Å². The largest absolute Gasteiger partial charge is 0.324 e. The molecule has 3 aliphatic carbocycles. The quantitative estimate of drug-likeness (QED) is 0.402. The second kappa shape index (κ2) is 7.27. The highest BCUT2D eigenvalue weighted by Crippen LogP contribution is 2.66. The summed E-state index contributed by atoms with van der Waals surface area (Å²) in [6.07, 6.45) is 0. The molecule has 33 heavy (non-hydrogen) atoms. The van der Waals surface area contributed by atoms with Gasteiger partial charge < -0.3 is 5.32 Å². The maximum absolute atomic E-state index is 13.7. The van der Waals surface area contributed by atoms with E-state index < -0.39 is 22.1 Å². The van der Waals surface area contributed by atoms with Crippen molar-refractivity contribution >= 4 is 50.9 Å². The molecule has 1 N–H and O–H groups in total. The number of benzene rings is 3. The molecule has 7 heteroatoms. The molecule has 3 aromatic rings. The van der Waals surface area contributed by atoms with Crippen molar-refractivity contribution < 1.29 is 14.4 Å². The molecule has 2 atom stereocenters. The summed E-state index contributed by atoms with van der Waals surface area (Å²) >= 11 is 9.94. The van der Waals surface area contributed by atoms with Gasteiger partial charge in [0, 0.05) is 16.6 Å². The first-order valence-electron chi connectivity index (χ1n) is 10.7. The lowest BCUT2D eigenvalue weighted by Gasteiger charge is -2.51. The maximum Gasteiger partial charge on any atom is 0.244 e. The van der Waals surface area contributed by atoms with Crippen LogP contribution in [0.1, 0.15) is 28.2 Å². The standard InChI is InChI=1S/C26H18BrClN2O3/c27-26-18-10-3-1-8-16(18)21(17-9-2-4-11-19(17)26)22-23(26)25(33)30(24(22)32)13-20(31)29-15-7-5-6-14(28)12-15/h1-12,21-23H,13H2,(H,29,31)/t21?,22-,23-,26?/m0/s1. The molecule has 2 bridgehead atoms. The van der Waals surface area contributed by atoms with Gasteiger partial charge in [0.05, 0.1) is 16.2 Å². The minimum Gasteiger partial charge on any atom is -0.324 e. The first-order chi connectivity index (χ1) is 15.9. The highest BCUT2D eigenvalue weighted by atomic mass is 79.9. The number of rotatable bonds is 3. The number of hydrogen-bond donors (Lipinski definition) is 1. The Bertz CT molecular complexity index is 1310. The van der Waals surface area contributed by atoms with Crippen LogP contribution >= 0.6 is 27.5 Å². The Balaban J connectivity index is 1.39. The Hall–Kier alpha value is -2.96. The number of nitrogens with zero attached hydrogens (tertiary/aromatic N) is 1. The lowest BCUT2D eigenvalue weighted by molar-refractivity contribution is -0.142. The fraction of sp³-hybridized carbons (Fsp3) is 0.192. The van der Waals surface area contributed by atoms with Crippen molar-refractivity contribution in [3.63, 3.8) is 0 Å². The molecule has 7 rings (SSSR count). The monoisotopic (exact) mass is 520 g/mol. The van der Waals surface area contributed by atoms with Crippen LogP contribution in [0, 0.1) is 11.8 Å². The molecule has 3 amide bonds. The first kappa shape index (κ1) is 20.6. The third-order valence-electron chi connectivity index (χ3n) is 7.02. The van der Waals surface area contributed by atoms with Crippen LogP contribution in [-0.4, -0.2) is 29.2 Å². The van der Waals surface area contributed by atoms with Crippen LogP contribution in [0.4, 0.5) is 5.69 Å². The van der Waals surface area contributed by atoms with Gasteiger partial charge in [-0.25, -0.2) is 0 Å². The summed E-state index contributed by atoms with van der Waals surface area (Å²) in [5.74, 6) is -2.46. The van der Waals surface area contributed by atoms with Crippen molar-refractivity contribution in [2.45, 2.75) is 10.2 Å². The summed E-state index contributed by atoms with van der Waals surface area (Å²) in [6, 6.07) is 22.7. The van der Waals surface area contributed by atoms with E-state index in [4.69, 9.17) is 11.6 Å². The van der Waals surface area contributed by atoms with E-state index in [1.165, 1.54) is 0 Å². The average Bonchev–Trinajstić information content (AvgIpc) is 3.06. The first-order valence-corrected chi connectivity index (χ1v) is 11.9. The summed E-state index contributed by atoms with van der Waals surface area (Å²) in [6.45, 7) is -0.334. The third kappa shape index (κ3) is 2.80. The summed E-state index contributed by atoms with van der Waals surface area (Å²) < 4.78 is -0.815. The molecule has 1 fully saturated rings. The number of alkyl halides is 1. The second-order valence-corrected chi connectivity index (χ2v) is 10.4. The third-order valence-corrected chi connectivity index (χ3v) is 8.60. The van der Waals surface area contributed by atoms with Crippen LogP contribution in [0.25, 0.3) is 0 Å². The van der Waals surface area contributed by atoms with Crippen LogP contribution < -0.4 is 5.32 Å². The SMILES string of the molecule is O=C(CN1C(=O)[C@@H]2[C@@H](C1=O)C1c3ccccc3C2(Br)c2ccccc21)Nc1cccc(Cl)c1. The molecule has 5 nitrogen and oxygen atoms in total. The molecule has 0 radical (unpaired) electrons. The van der Waals surface area contributed by atoms with Crippen molar-refractivity contribution in [2.75, 3.05) is 11.9 Å². The predicted molar refractivity (Wildman–Crippen MR) is 128 cm³/mol. The molecular weight excluding hydrogens is 504 g/mol. The molecule has 3 aromatic carbocycles. The summed E-state index contributed by atoms with van der Waals surface area (Å²) in [4.78, 5) is 41.2. The molecule has 0 unspecified atom stereocenters. The average molecular weight is 522 g/mol. The Labute approximate surface area is 203 Å². The Morgan fingerprint density at radius 1 is 0.939 bits per heavy atom. The molecule has 4 aliphatic rings. The minimum atomic E-state index is -0.815. The van der Waals surface area contributed by atoms with E-state index in [1.807, 2.05) is 48.5 Å². The van der Waals surface area contributed by atoms with E-state index in [9.17, 15) is 14.4 Å². The molecular formula is C26H18BrClN2O3. The maximum atomic E-state index is 13.7. The van der Waals surface area contributed by atoms with E-state index in [1.54, 1.807) is 24.3 Å². The number of hydrogen-bond acceptors (Lipinski definition) is 3. The molecule has 0 aromatic heterocycles. The lowest BCUT2D eigenvalue weighted by Crippen LogP contribution is -2.50. The highest BCUT2D eigenvalue weighted by molar-refractivity contribution is 9.09. The number of anilines is 1. The van der Waals surface area contributed by atoms with Crippen molar-refractivity contribution in [1.82, 2.24) is 4.90 Å². The fourth-order valence-corrected chi connectivity index (χ4v) is 7.20.